The molecule has 0 amide bonds. The molecule has 3 aromatic heterocycles. The van der Waals surface area contributed by atoms with Gasteiger partial charge in [-0.1, -0.05) is 36.7 Å². The molecule has 6 nitrogen and oxygen atoms in total. The van der Waals surface area contributed by atoms with E-state index in [4.69, 9.17) is 9.97 Å². The van der Waals surface area contributed by atoms with E-state index in [1.165, 1.54) is 53.7 Å². The van der Waals surface area contributed by atoms with Crippen molar-refractivity contribution >= 4 is 38.0 Å². The minimum Gasteiger partial charge on any atom is -0.369 e. The lowest BCUT2D eigenvalue weighted by Crippen LogP contribution is -2.44. The first-order valence-corrected chi connectivity index (χ1v) is 13.1. The van der Waals surface area contributed by atoms with Crippen molar-refractivity contribution in [1.29, 1.82) is 0 Å². The van der Waals surface area contributed by atoms with Gasteiger partial charge in [-0.25, -0.2) is 9.97 Å². The van der Waals surface area contributed by atoms with Crippen LogP contribution in [0.4, 0.5) is 10.8 Å². The summed E-state index contributed by atoms with van der Waals surface area (Å²) in [5.41, 5.74) is 5.92. The van der Waals surface area contributed by atoms with Crippen LogP contribution in [0.1, 0.15) is 43.4 Å². The maximum Gasteiger partial charge on any atom is 0.184 e. The Balaban J connectivity index is 1.19. The van der Waals surface area contributed by atoms with Crippen LogP contribution in [0.3, 0.4) is 0 Å². The van der Waals surface area contributed by atoms with Gasteiger partial charge in [0.2, 0.25) is 0 Å². The standard InChI is InChI=1S/C26H32N6S/c1-30-11-13-31(14-12-30)21-9-10-32-22(18-27-25(32)17-21)15-19-7-8-23-24(16-19)33-26(29-23)28-20-5-3-2-4-6-20/h7-10,16-18,20H,2-6,11-15H2,1H3,(H,28,29). The second kappa shape index (κ2) is 8.95. The van der Waals surface area contributed by atoms with Gasteiger partial charge in [-0.05, 0) is 43.7 Å². The van der Waals surface area contributed by atoms with E-state index in [0.717, 1.165) is 48.9 Å². The van der Waals surface area contributed by atoms with E-state index in [9.17, 15) is 0 Å². The number of likely N-dealkylation sites (N-methyl/N-ethyl adjacent to an activating group) is 1. The van der Waals surface area contributed by atoms with Gasteiger partial charge in [0.05, 0.1) is 10.2 Å². The zero-order valence-corrected chi connectivity index (χ0v) is 20.2. The third-order valence-corrected chi connectivity index (χ3v) is 8.16. The molecule has 0 atom stereocenters. The Kier molecular flexibility index (Phi) is 5.68. The number of benzene rings is 1. The monoisotopic (exact) mass is 460 g/mol. The fraction of sp³-hybridized carbons (Fsp3) is 0.462. The Labute approximate surface area is 199 Å². The number of rotatable bonds is 5. The van der Waals surface area contributed by atoms with Crippen molar-refractivity contribution in [3.63, 3.8) is 0 Å². The van der Waals surface area contributed by atoms with Crippen molar-refractivity contribution in [2.45, 2.75) is 44.6 Å². The average molecular weight is 461 g/mol. The van der Waals surface area contributed by atoms with Gasteiger partial charge in [-0.3, -0.25) is 0 Å². The van der Waals surface area contributed by atoms with E-state index in [0.29, 0.717) is 6.04 Å². The summed E-state index contributed by atoms with van der Waals surface area (Å²) in [6.07, 6.45) is 11.7. The molecule has 1 saturated heterocycles. The largest absolute Gasteiger partial charge is 0.369 e. The maximum atomic E-state index is 4.84. The molecule has 4 aromatic rings. The third kappa shape index (κ3) is 4.44. The minimum absolute atomic E-state index is 0.590. The summed E-state index contributed by atoms with van der Waals surface area (Å²) in [5, 5.41) is 4.75. The number of anilines is 2. The van der Waals surface area contributed by atoms with E-state index in [1.54, 1.807) is 11.3 Å². The minimum atomic E-state index is 0.590. The molecule has 4 heterocycles. The lowest BCUT2D eigenvalue weighted by atomic mass is 9.96. The number of fused-ring (bicyclic) bond motifs is 2. The summed E-state index contributed by atoms with van der Waals surface area (Å²) in [4.78, 5) is 14.4. The molecule has 0 bridgehead atoms. The highest BCUT2D eigenvalue weighted by Gasteiger charge is 2.17. The third-order valence-electron chi connectivity index (χ3n) is 7.21. The number of pyridine rings is 1. The Hall–Kier alpha value is -2.64. The Morgan fingerprint density at radius 3 is 2.73 bits per heavy atom. The Bertz CT molecular complexity index is 1250. The van der Waals surface area contributed by atoms with Crippen molar-refractivity contribution in [3.8, 4) is 0 Å². The second-order valence-corrected chi connectivity index (χ2v) is 10.7. The van der Waals surface area contributed by atoms with Crippen LogP contribution in [-0.2, 0) is 6.42 Å². The molecular formula is C26H32N6S. The molecule has 7 heteroatoms. The van der Waals surface area contributed by atoms with Crippen LogP contribution in [0, 0.1) is 0 Å². The van der Waals surface area contributed by atoms with E-state index in [2.05, 4.69) is 63.1 Å². The quantitative estimate of drug-likeness (QED) is 0.453. The van der Waals surface area contributed by atoms with Crippen LogP contribution in [-0.4, -0.2) is 58.5 Å². The molecule has 33 heavy (non-hydrogen) atoms. The zero-order valence-electron chi connectivity index (χ0n) is 19.3. The molecule has 1 saturated carbocycles. The molecule has 6 rings (SSSR count). The maximum absolute atomic E-state index is 4.84. The number of aromatic nitrogens is 3. The fourth-order valence-corrected chi connectivity index (χ4v) is 6.19. The van der Waals surface area contributed by atoms with Gasteiger partial charge < -0.3 is 19.5 Å². The molecule has 0 unspecified atom stereocenters. The van der Waals surface area contributed by atoms with Gasteiger partial charge in [0, 0.05) is 68.5 Å². The molecule has 0 radical (unpaired) electrons. The highest BCUT2D eigenvalue weighted by molar-refractivity contribution is 7.22. The van der Waals surface area contributed by atoms with Gasteiger partial charge in [0.25, 0.3) is 0 Å². The van der Waals surface area contributed by atoms with Crippen LogP contribution in [0.25, 0.3) is 15.9 Å². The van der Waals surface area contributed by atoms with Crippen molar-refractivity contribution in [2.24, 2.45) is 0 Å². The molecule has 1 aromatic carbocycles. The van der Waals surface area contributed by atoms with E-state index in [1.807, 2.05) is 6.20 Å². The number of hydrogen-bond donors (Lipinski definition) is 1. The van der Waals surface area contributed by atoms with Crippen LogP contribution >= 0.6 is 11.3 Å². The Morgan fingerprint density at radius 2 is 1.88 bits per heavy atom. The summed E-state index contributed by atoms with van der Waals surface area (Å²) in [6.45, 7) is 4.38. The molecule has 1 aliphatic heterocycles. The molecule has 2 aliphatic rings. The highest BCUT2D eigenvalue weighted by Crippen LogP contribution is 2.30. The van der Waals surface area contributed by atoms with Crippen LogP contribution in [0.2, 0.25) is 0 Å². The molecule has 0 spiro atoms. The van der Waals surface area contributed by atoms with E-state index >= 15 is 0 Å². The SMILES string of the molecule is CN1CCN(c2ccn3c(Cc4ccc5nc(NC6CCCCC6)sc5c4)cnc3c2)CC1. The lowest BCUT2D eigenvalue weighted by Gasteiger charge is -2.34. The number of nitrogens with one attached hydrogen (secondary N) is 1. The first-order valence-electron chi connectivity index (χ1n) is 12.3. The van der Waals surface area contributed by atoms with Crippen molar-refractivity contribution < 1.29 is 0 Å². The summed E-state index contributed by atoms with van der Waals surface area (Å²) in [7, 11) is 2.19. The topological polar surface area (TPSA) is 48.7 Å². The van der Waals surface area contributed by atoms with Crippen LogP contribution in [0.15, 0.2) is 42.7 Å². The van der Waals surface area contributed by atoms with Crippen molar-refractivity contribution in [3.05, 3.63) is 54.0 Å². The first-order chi connectivity index (χ1) is 16.2. The molecule has 172 valence electrons. The van der Waals surface area contributed by atoms with Gasteiger partial charge >= 0.3 is 0 Å². The second-order valence-electron chi connectivity index (χ2n) is 9.63. The van der Waals surface area contributed by atoms with Crippen molar-refractivity contribution in [1.82, 2.24) is 19.3 Å². The molecular weight excluding hydrogens is 428 g/mol. The number of thiazole rings is 1. The van der Waals surface area contributed by atoms with Gasteiger partial charge in [-0.2, -0.15) is 0 Å². The molecule has 2 fully saturated rings. The predicted octanol–water partition coefficient (Wildman–Crippen LogP) is 5.03. The summed E-state index contributed by atoms with van der Waals surface area (Å²) < 4.78 is 3.49. The fourth-order valence-electron chi connectivity index (χ4n) is 5.19. The van der Waals surface area contributed by atoms with Crippen molar-refractivity contribution in [2.75, 3.05) is 43.4 Å². The summed E-state index contributed by atoms with van der Waals surface area (Å²) in [6, 6.07) is 11.7. The molecule has 1 N–H and O–H groups in total. The normalized spacial score (nSPS) is 18.4. The number of hydrogen-bond acceptors (Lipinski definition) is 6. The van der Waals surface area contributed by atoms with Gasteiger partial charge in [0.1, 0.15) is 5.65 Å². The van der Waals surface area contributed by atoms with Gasteiger partial charge in [-0.15, -0.1) is 0 Å². The average Bonchev–Trinajstić information content (AvgIpc) is 3.43. The predicted molar refractivity (Wildman–Crippen MR) is 138 cm³/mol. The highest BCUT2D eigenvalue weighted by atomic mass is 32.1. The van der Waals surface area contributed by atoms with Gasteiger partial charge in [0.15, 0.2) is 5.13 Å². The molecule has 1 aliphatic carbocycles. The van der Waals surface area contributed by atoms with Crippen LogP contribution in [0.5, 0.6) is 0 Å². The van der Waals surface area contributed by atoms with E-state index < -0.39 is 0 Å². The summed E-state index contributed by atoms with van der Waals surface area (Å²) >= 11 is 1.79. The first kappa shape index (κ1) is 20.9. The number of nitrogens with zero attached hydrogens (tertiary/aromatic N) is 5. The van der Waals surface area contributed by atoms with E-state index in [-0.39, 0.29) is 0 Å². The number of piperazine rings is 1. The lowest BCUT2D eigenvalue weighted by molar-refractivity contribution is 0.313. The number of imidazole rings is 1. The summed E-state index contributed by atoms with van der Waals surface area (Å²) in [5.74, 6) is 0. The Morgan fingerprint density at radius 1 is 1.03 bits per heavy atom. The zero-order chi connectivity index (χ0) is 22.2. The van der Waals surface area contributed by atoms with Crippen LogP contribution < -0.4 is 10.2 Å². The smallest absolute Gasteiger partial charge is 0.184 e.